The summed E-state index contributed by atoms with van der Waals surface area (Å²) in [5, 5.41) is 9.07. The third-order valence-electron chi connectivity index (χ3n) is 7.06. The van der Waals surface area contributed by atoms with E-state index in [1.54, 1.807) is 32.1 Å². The van der Waals surface area contributed by atoms with Gasteiger partial charge in [-0.05, 0) is 59.0 Å². The van der Waals surface area contributed by atoms with Gasteiger partial charge in [0.15, 0.2) is 0 Å². The van der Waals surface area contributed by atoms with Crippen molar-refractivity contribution in [2.45, 2.75) is 71.0 Å². The van der Waals surface area contributed by atoms with E-state index >= 15 is 0 Å². The zero-order chi connectivity index (χ0) is 23.7. The summed E-state index contributed by atoms with van der Waals surface area (Å²) < 4.78 is 17.1. The molecule has 1 aliphatic heterocycles. The molecule has 0 aromatic carbocycles. The molecule has 174 valence electrons. The van der Waals surface area contributed by atoms with Gasteiger partial charge in [-0.2, -0.15) is 0 Å². The van der Waals surface area contributed by atoms with Crippen LogP contribution in [0.25, 0.3) is 0 Å². The van der Waals surface area contributed by atoms with Gasteiger partial charge in [-0.25, -0.2) is 9.59 Å². The molecule has 1 saturated carbocycles. The number of hydrogen-bond acceptors (Lipinski definition) is 7. The molecule has 0 spiro atoms. The molecule has 3 aliphatic rings. The predicted octanol–water partition coefficient (Wildman–Crippen LogP) is 3.26. The first kappa shape index (κ1) is 23.8. The van der Waals surface area contributed by atoms with Crippen molar-refractivity contribution in [1.82, 2.24) is 0 Å². The Morgan fingerprint density at radius 1 is 1.28 bits per heavy atom. The second kappa shape index (κ2) is 8.56. The third kappa shape index (κ3) is 3.76. The molecule has 0 radical (unpaired) electrons. The molecule has 8 nitrogen and oxygen atoms in total. The first-order valence-corrected chi connectivity index (χ1v) is 10.9. The van der Waals surface area contributed by atoms with E-state index in [0.29, 0.717) is 31.3 Å². The minimum atomic E-state index is -1.14. The number of carbonyl (C=O) groups is 4. The summed E-state index contributed by atoms with van der Waals surface area (Å²) in [6.45, 7) is 6.51. The largest absolute Gasteiger partial charge is 0.478 e. The molecule has 8 heteroatoms. The Labute approximate surface area is 187 Å². The number of aliphatic carboxylic acids is 1. The average Bonchev–Trinajstić information content (AvgIpc) is 2.84. The molecule has 0 amide bonds. The van der Waals surface area contributed by atoms with E-state index in [1.807, 2.05) is 0 Å². The molecule has 0 unspecified atom stereocenters. The van der Waals surface area contributed by atoms with Crippen molar-refractivity contribution in [3.63, 3.8) is 0 Å². The van der Waals surface area contributed by atoms with E-state index in [0.717, 1.165) is 0 Å². The first-order chi connectivity index (χ1) is 15.0. The minimum Gasteiger partial charge on any atom is -0.478 e. The highest BCUT2D eigenvalue weighted by atomic mass is 16.6. The fraction of sp³-hybridized carbons (Fsp3) is 0.583. The quantitative estimate of drug-likeness (QED) is 0.286. The van der Waals surface area contributed by atoms with Gasteiger partial charge in [-0.15, -0.1) is 0 Å². The van der Waals surface area contributed by atoms with Crippen LogP contribution in [0, 0.1) is 11.3 Å². The van der Waals surface area contributed by atoms with Crippen LogP contribution < -0.4 is 0 Å². The SMILES string of the molecule is CCOC(=O)C1=CC[C@]23CC[C@H]([C@@](C)(/C=C/C=C(\C)C(=O)O)OC2=O)[C@]3(OC(C)=O)CC1. The van der Waals surface area contributed by atoms with E-state index in [4.69, 9.17) is 19.3 Å². The van der Waals surface area contributed by atoms with Gasteiger partial charge in [-0.1, -0.05) is 18.2 Å². The molecule has 1 saturated heterocycles. The number of rotatable bonds is 6. The van der Waals surface area contributed by atoms with Crippen molar-refractivity contribution in [1.29, 1.82) is 0 Å². The maximum atomic E-state index is 13.5. The first-order valence-electron chi connectivity index (χ1n) is 10.9. The maximum Gasteiger partial charge on any atom is 0.333 e. The lowest BCUT2D eigenvalue weighted by Crippen LogP contribution is -2.65. The summed E-state index contributed by atoms with van der Waals surface area (Å²) in [6.07, 6.45) is 8.26. The molecular weight excluding hydrogens is 416 g/mol. The maximum absolute atomic E-state index is 13.5. The number of carboxylic acids is 1. The average molecular weight is 446 g/mol. The van der Waals surface area contributed by atoms with Gasteiger partial charge >= 0.3 is 23.9 Å². The van der Waals surface area contributed by atoms with E-state index in [1.165, 1.54) is 19.9 Å². The molecule has 2 aliphatic carbocycles. The van der Waals surface area contributed by atoms with Crippen LogP contribution in [-0.2, 0) is 33.4 Å². The Morgan fingerprint density at radius 2 is 2.00 bits per heavy atom. The number of hydrogen-bond donors (Lipinski definition) is 1. The Morgan fingerprint density at radius 3 is 2.62 bits per heavy atom. The van der Waals surface area contributed by atoms with E-state index in [2.05, 4.69) is 0 Å². The van der Waals surface area contributed by atoms with E-state index in [9.17, 15) is 19.2 Å². The Kier molecular flexibility index (Phi) is 6.36. The molecule has 0 aromatic heterocycles. The second-order valence-electron chi connectivity index (χ2n) is 8.90. The van der Waals surface area contributed by atoms with Crippen LogP contribution >= 0.6 is 0 Å². The number of ether oxygens (including phenoxy) is 3. The van der Waals surface area contributed by atoms with Crippen LogP contribution in [0.3, 0.4) is 0 Å². The standard InChI is InChI=1S/C24H30O8/c1-5-30-20(28)17-8-12-23-13-10-18(24(23,14-9-17)31-16(3)25)22(4,32-21(23)29)11-6-7-15(2)19(26)27/h6-8,11,18H,5,9-10,12-14H2,1-4H3,(H,26,27)/b11-6+,15-7+/t18-,22-,23+,24-/m1/s1. The molecule has 3 rings (SSSR count). The van der Waals surface area contributed by atoms with Crippen molar-refractivity contribution < 1.29 is 38.5 Å². The van der Waals surface area contributed by atoms with E-state index in [-0.39, 0.29) is 24.5 Å². The highest BCUT2D eigenvalue weighted by Crippen LogP contribution is 2.65. The minimum absolute atomic E-state index is 0.139. The van der Waals surface area contributed by atoms with Crippen LogP contribution in [0.4, 0.5) is 0 Å². The number of carbonyl (C=O) groups excluding carboxylic acids is 3. The van der Waals surface area contributed by atoms with Crippen LogP contribution in [0.2, 0.25) is 0 Å². The van der Waals surface area contributed by atoms with Crippen molar-refractivity contribution in [2.75, 3.05) is 6.61 Å². The summed E-state index contributed by atoms with van der Waals surface area (Å²) in [4.78, 5) is 49.2. The fourth-order valence-electron chi connectivity index (χ4n) is 5.54. The van der Waals surface area contributed by atoms with E-state index < -0.39 is 40.5 Å². The predicted molar refractivity (Wildman–Crippen MR) is 113 cm³/mol. The summed E-state index contributed by atoms with van der Waals surface area (Å²) in [6, 6.07) is 0. The monoisotopic (exact) mass is 446 g/mol. The van der Waals surface area contributed by atoms with Crippen molar-refractivity contribution in [3.05, 3.63) is 35.5 Å². The van der Waals surface area contributed by atoms with Crippen LogP contribution in [0.1, 0.15) is 59.8 Å². The lowest BCUT2D eigenvalue weighted by molar-refractivity contribution is -0.235. The smallest absolute Gasteiger partial charge is 0.333 e. The fourth-order valence-corrected chi connectivity index (χ4v) is 5.54. The summed E-state index contributed by atoms with van der Waals surface area (Å²) in [7, 11) is 0. The highest BCUT2D eigenvalue weighted by Gasteiger charge is 2.74. The van der Waals surface area contributed by atoms with Crippen molar-refractivity contribution in [3.8, 4) is 0 Å². The summed E-state index contributed by atoms with van der Waals surface area (Å²) in [5.74, 6) is -2.79. The van der Waals surface area contributed by atoms with Gasteiger partial charge in [0.05, 0.1) is 6.61 Å². The molecule has 2 fully saturated rings. The molecule has 32 heavy (non-hydrogen) atoms. The summed E-state index contributed by atoms with van der Waals surface area (Å²) >= 11 is 0. The second-order valence-corrected chi connectivity index (χ2v) is 8.90. The zero-order valence-corrected chi connectivity index (χ0v) is 18.9. The Bertz CT molecular complexity index is 928. The lowest BCUT2D eigenvalue weighted by Gasteiger charge is -2.54. The van der Waals surface area contributed by atoms with Gasteiger partial charge < -0.3 is 19.3 Å². The number of carboxylic acid groups (broad SMARTS) is 1. The highest BCUT2D eigenvalue weighted by molar-refractivity contribution is 5.90. The van der Waals surface area contributed by atoms with Gasteiger partial charge in [-0.3, -0.25) is 9.59 Å². The topological polar surface area (TPSA) is 116 Å². The lowest BCUT2D eigenvalue weighted by atomic mass is 9.62. The molecule has 2 bridgehead atoms. The number of allylic oxidation sites excluding steroid dienone is 3. The van der Waals surface area contributed by atoms with Crippen molar-refractivity contribution >= 4 is 23.9 Å². The van der Waals surface area contributed by atoms with Gasteiger partial charge in [0, 0.05) is 24.0 Å². The van der Waals surface area contributed by atoms with Gasteiger partial charge in [0.2, 0.25) is 0 Å². The number of esters is 3. The molecular formula is C24H30O8. The van der Waals surface area contributed by atoms with Crippen LogP contribution in [0.15, 0.2) is 35.5 Å². The Hall–Kier alpha value is -2.90. The molecule has 4 atom stereocenters. The number of cyclic esters (lactones) is 1. The molecule has 1 N–H and O–H groups in total. The van der Waals surface area contributed by atoms with Gasteiger partial charge in [0.1, 0.15) is 16.6 Å². The van der Waals surface area contributed by atoms with Crippen LogP contribution in [0.5, 0.6) is 0 Å². The normalized spacial score (nSPS) is 34.2. The molecule has 0 aromatic rings. The van der Waals surface area contributed by atoms with Crippen molar-refractivity contribution in [2.24, 2.45) is 11.3 Å². The van der Waals surface area contributed by atoms with Gasteiger partial charge in [0.25, 0.3) is 0 Å². The zero-order valence-electron chi connectivity index (χ0n) is 18.9. The van der Waals surface area contributed by atoms with Crippen LogP contribution in [-0.4, -0.2) is 46.8 Å². The molecule has 1 heterocycles. The Balaban J connectivity index is 2.05. The third-order valence-corrected chi connectivity index (χ3v) is 7.06. The summed E-state index contributed by atoms with van der Waals surface area (Å²) in [5.41, 5.74) is -2.70.